The molecule has 2 aromatic carbocycles. The standard InChI is InChI=1S/C19H15ClF3NO4/c1-27-12-5-6-16-14(8-12)15(9-17(25)26)18(20)24(16)10-11-3-2-4-13(7-11)28-19(21,22)23/h2-8H,9-10H2,1H3,(H,25,26). The molecule has 9 heteroatoms. The summed E-state index contributed by atoms with van der Waals surface area (Å²) in [5.74, 6) is -0.858. The zero-order valence-corrected chi connectivity index (χ0v) is 15.3. The molecule has 1 heterocycles. The summed E-state index contributed by atoms with van der Waals surface area (Å²) in [6.45, 7) is 0.135. The molecule has 1 aromatic heterocycles. The molecule has 5 nitrogen and oxygen atoms in total. The number of fused-ring (bicyclic) bond motifs is 1. The molecule has 0 radical (unpaired) electrons. The van der Waals surface area contributed by atoms with E-state index in [1.165, 1.54) is 25.3 Å². The van der Waals surface area contributed by atoms with Crippen LogP contribution >= 0.6 is 11.6 Å². The van der Waals surface area contributed by atoms with Crippen molar-refractivity contribution in [1.82, 2.24) is 4.57 Å². The van der Waals surface area contributed by atoms with E-state index in [1.54, 1.807) is 28.8 Å². The smallest absolute Gasteiger partial charge is 0.497 e. The average molecular weight is 414 g/mol. The van der Waals surface area contributed by atoms with Crippen molar-refractivity contribution in [3.8, 4) is 11.5 Å². The molecular weight excluding hydrogens is 399 g/mol. The highest BCUT2D eigenvalue weighted by Crippen LogP contribution is 2.34. The van der Waals surface area contributed by atoms with Crippen LogP contribution in [0.5, 0.6) is 11.5 Å². The SMILES string of the molecule is COc1ccc2c(c1)c(CC(=O)O)c(Cl)n2Cc1cccc(OC(F)(F)F)c1. The summed E-state index contributed by atoms with van der Waals surface area (Å²) < 4.78 is 48.1. The summed E-state index contributed by atoms with van der Waals surface area (Å²) in [6, 6.07) is 10.6. The van der Waals surface area contributed by atoms with E-state index < -0.39 is 12.3 Å². The summed E-state index contributed by atoms with van der Waals surface area (Å²) in [5, 5.41) is 10.0. The van der Waals surface area contributed by atoms with Crippen molar-refractivity contribution in [2.45, 2.75) is 19.3 Å². The molecule has 148 valence electrons. The minimum absolute atomic E-state index is 0.135. The van der Waals surface area contributed by atoms with Crippen LogP contribution < -0.4 is 9.47 Å². The van der Waals surface area contributed by atoms with Gasteiger partial charge in [-0.2, -0.15) is 0 Å². The monoisotopic (exact) mass is 413 g/mol. The van der Waals surface area contributed by atoms with Crippen molar-refractivity contribution in [2.75, 3.05) is 7.11 Å². The Labute approximate surface area is 162 Å². The van der Waals surface area contributed by atoms with Crippen molar-refractivity contribution in [1.29, 1.82) is 0 Å². The molecule has 0 fully saturated rings. The highest BCUT2D eigenvalue weighted by Gasteiger charge is 2.31. The quantitative estimate of drug-likeness (QED) is 0.626. The number of halogens is 4. The first-order valence-corrected chi connectivity index (χ1v) is 8.47. The summed E-state index contributed by atoms with van der Waals surface area (Å²) in [5.41, 5.74) is 1.56. The topological polar surface area (TPSA) is 60.7 Å². The fourth-order valence-corrected chi connectivity index (χ4v) is 3.32. The Bertz CT molecular complexity index is 1030. The number of carboxylic acids is 1. The van der Waals surface area contributed by atoms with Gasteiger partial charge in [-0.1, -0.05) is 23.7 Å². The van der Waals surface area contributed by atoms with Crippen LogP contribution in [0.15, 0.2) is 42.5 Å². The second kappa shape index (κ2) is 7.63. The number of aromatic nitrogens is 1. The van der Waals surface area contributed by atoms with E-state index in [9.17, 15) is 23.1 Å². The Morgan fingerprint density at radius 3 is 2.57 bits per heavy atom. The summed E-state index contributed by atoms with van der Waals surface area (Å²) >= 11 is 6.44. The first kappa shape index (κ1) is 19.9. The number of nitrogens with zero attached hydrogens (tertiary/aromatic N) is 1. The Kier molecular flexibility index (Phi) is 5.42. The minimum Gasteiger partial charge on any atom is -0.497 e. The molecule has 0 unspecified atom stereocenters. The fourth-order valence-electron chi connectivity index (χ4n) is 3.00. The minimum atomic E-state index is -4.79. The summed E-state index contributed by atoms with van der Waals surface area (Å²) in [4.78, 5) is 11.2. The number of alkyl halides is 3. The number of hydrogen-bond donors (Lipinski definition) is 1. The third-order valence-corrected chi connectivity index (χ3v) is 4.54. The number of benzene rings is 2. The normalized spacial score (nSPS) is 11.6. The van der Waals surface area contributed by atoms with E-state index in [2.05, 4.69) is 4.74 Å². The zero-order chi connectivity index (χ0) is 20.5. The van der Waals surface area contributed by atoms with Crippen LogP contribution in [0.4, 0.5) is 13.2 Å². The molecule has 0 bridgehead atoms. The lowest BCUT2D eigenvalue weighted by atomic mass is 10.1. The molecule has 0 spiro atoms. The number of rotatable bonds is 6. The van der Waals surface area contributed by atoms with Crippen LogP contribution in [0.3, 0.4) is 0 Å². The predicted octanol–water partition coefficient (Wildman–Crippen LogP) is 4.88. The molecule has 28 heavy (non-hydrogen) atoms. The highest BCUT2D eigenvalue weighted by atomic mass is 35.5. The van der Waals surface area contributed by atoms with Crippen molar-refractivity contribution in [2.24, 2.45) is 0 Å². The van der Waals surface area contributed by atoms with Crippen LogP contribution in [-0.4, -0.2) is 29.1 Å². The fraction of sp³-hybridized carbons (Fsp3) is 0.211. The molecule has 0 atom stereocenters. The molecular formula is C19H15ClF3NO4. The van der Waals surface area contributed by atoms with Crippen molar-refractivity contribution in [3.63, 3.8) is 0 Å². The van der Waals surface area contributed by atoms with E-state index >= 15 is 0 Å². The van der Waals surface area contributed by atoms with Crippen LogP contribution in [-0.2, 0) is 17.8 Å². The lowest BCUT2D eigenvalue weighted by Gasteiger charge is -2.12. The third-order valence-electron chi connectivity index (χ3n) is 4.11. The summed E-state index contributed by atoms with van der Waals surface area (Å²) in [7, 11) is 1.49. The third kappa shape index (κ3) is 4.33. The van der Waals surface area contributed by atoms with Gasteiger partial charge >= 0.3 is 12.3 Å². The van der Waals surface area contributed by atoms with Crippen LogP contribution in [0.25, 0.3) is 10.9 Å². The molecule has 0 aliphatic carbocycles. The van der Waals surface area contributed by atoms with Crippen LogP contribution in [0.2, 0.25) is 5.15 Å². The second-order valence-corrected chi connectivity index (χ2v) is 6.36. The lowest BCUT2D eigenvalue weighted by Crippen LogP contribution is -2.17. The average Bonchev–Trinajstić information content (AvgIpc) is 2.85. The van der Waals surface area contributed by atoms with E-state index in [0.29, 0.717) is 27.8 Å². The number of methoxy groups -OCH3 is 1. The van der Waals surface area contributed by atoms with Crippen molar-refractivity contribution in [3.05, 3.63) is 58.7 Å². The van der Waals surface area contributed by atoms with Gasteiger partial charge in [-0.3, -0.25) is 4.79 Å². The molecule has 3 rings (SSSR count). The van der Waals surface area contributed by atoms with Gasteiger partial charge in [0, 0.05) is 17.5 Å². The van der Waals surface area contributed by atoms with Crippen molar-refractivity contribution < 1.29 is 32.5 Å². The first-order chi connectivity index (χ1) is 13.2. The highest BCUT2D eigenvalue weighted by molar-refractivity contribution is 6.32. The van der Waals surface area contributed by atoms with Gasteiger partial charge < -0.3 is 19.1 Å². The van der Waals surface area contributed by atoms with E-state index in [4.69, 9.17) is 16.3 Å². The van der Waals surface area contributed by atoms with Gasteiger partial charge in [0.2, 0.25) is 0 Å². The van der Waals surface area contributed by atoms with E-state index in [-0.39, 0.29) is 23.9 Å². The summed E-state index contributed by atoms with van der Waals surface area (Å²) in [6.07, 6.45) is -5.09. The Morgan fingerprint density at radius 1 is 1.18 bits per heavy atom. The van der Waals surface area contributed by atoms with Crippen LogP contribution in [0, 0.1) is 0 Å². The number of carboxylic acid groups (broad SMARTS) is 1. The van der Waals surface area contributed by atoms with Gasteiger partial charge in [-0.05, 0) is 35.9 Å². The van der Waals surface area contributed by atoms with Gasteiger partial charge in [0.1, 0.15) is 16.7 Å². The van der Waals surface area contributed by atoms with Crippen molar-refractivity contribution >= 4 is 28.5 Å². The maximum atomic E-state index is 12.5. The Morgan fingerprint density at radius 2 is 1.93 bits per heavy atom. The molecule has 0 saturated carbocycles. The molecule has 0 aliphatic heterocycles. The number of carbonyl (C=O) groups is 1. The first-order valence-electron chi connectivity index (χ1n) is 8.09. The zero-order valence-electron chi connectivity index (χ0n) is 14.6. The second-order valence-electron chi connectivity index (χ2n) is 6.00. The van der Waals surface area contributed by atoms with Crippen LogP contribution in [0.1, 0.15) is 11.1 Å². The number of ether oxygens (including phenoxy) is 2. The maximum Gasteiger partial charge on any atom is 0.573 e. The van der Waals surface area contributed by atoms with Gasteiger partial charge in [0.15, 0.2) is 0 Å². The maximum absolute atomic E-state index is 12.5. The van der Waals surface area contributed by atoms with Gasteiger partial charge in [-0.15, -0.1) is 13.2 Å². The number of hydrogen-bond acceptors (Lipinski definition) is 3. The molecule has 0 aliphatic rings. The van der Waals surface area contributed by atoms with Gasteiger partial charge in [0.05, 0.1) is 19.0 Å². The number of aliphatic carboxylic acids is 1. The predicted molar refractivity (Wildman–Crippen MR) is 97.1 cm³/mol. The Balaban J connectivity index is 2.05. The molecule has 0 saturated heterocycles. The molecule has 1 N–H and O–H groups in total. The van der Waals surface area contributed by atoms with E-state index in [1.807, 2.05) is 0 Å². The molecule has 3 aromatic rings. The molecule has 0 amide bonds. The largest absolute Gasteiger partial charge is 0.573 e. The lowest BCUT2D eigenvalue weighted by molar-refractivity contribution is -0.274. The Hall–Kier alpha value is -2.87. The van der Waals surface area contributed by atoms with Gasteiger partial charge in [-0.25, -0.2) is 0 Å². The van der Waals surface area contributed by atoms with Gasteiger partial charge in [0.25, 0.3) is 0 Å². The van der Waals surface area contributed by atoms with E-state index in [0.717, 1.165) is 0 Å².